The number of hydrogen-bond donors (Lipinski definition) is 1. The zero-order valence-electron chi connectivity index (χ0n) is 12.1. The molecule has 0 saturated carbocycles. The van der Waals surface area contributed by atoms with Crippen LogP contribution in [0.3, 0.4) is 0 Å². The van der Waals surface area contributed by atoms with E-state index < -0.39 is 0 Å². The molecule has 3 nitrogen and oxygen atoms in total. The first-order valence-corrected chi connectivity index (χ1v) is 7.01. The molecule has 3 heteroatoms. The van der Waals surface area contributed by atoms with Crippen molar-refractivity contribution in [2.75, 3.05) is 6.54 Å². The first kappa shape index (κ1) is 13.8. The van der Waals surface area contributed by atoms with Crippen molar-refractivity contribution in [3.63, 3.8) is 0 Å². The van der Waals surface area contributed by atoms with E-state index in [1.165, 1.54) is 5.69 Å². The fourth-order valence-electron chi connectivity index (χ4n) is 2.29. The van der Waals surface area contributed by atoms with Crippen molar-refractivity contribution < 1.29 is 0 Å². The SMILES string of the molecule is CCCNC(C)c1cccn1Cc1cccc(C)n1. The summed E-state index contributed by atoms with van der Waals surface area (Å²) in [4.78, 5) is 4.57. The Morgan fingerprint density at radius 3 is 2.84 bits per heavy atom. The van der Waals surface area contributed by atoms with E-state index in [4.69, 9.17) is 0 Å². The Bertz CT molecular complexity index is 516. The maximum absolute atomic E-state index is 4.57. The van der Waals surface area contributed by atoms with Crippen LogP contribution in [0.5, 0.6) is 0 Å². The van der Waals surface area contributed by atoms with Crippen LogP contribution in [0, 0.1) is 6.92 Å². The molecule has 0 aliphatic rings. The summed E-state index contributed by atoms with van der Waals surface area (Å²) in [6.45, 7) is 8.32. The van der Waals surface area contributed by atoms with Crippen LogP contribution >= 0.6 is 0 Å². The minimum absolute atomic E-state index is 0.375. The Kier molecular flexibility index (Phi) is 4.74. The minimum atomic E-state index is 0.375. The van der Waals surface area contributed by atoms with Crippen LogP contribution in [0.15, 0.2) is 36.5 Å². The molecule has 102 valence electrons. The van der Waals surface area contributed by atoms with E-state index in [0.29, 0.717) is 6.04 Å². The van der Waals surface area contributed by atoms with Gasteiger partial charge in [-0.3, -0.25) is 4.98 Å². The summed E-state index contributed by atoms with van der Waals surface area (Å²) < 4.78 is 2.27. The standard InChI is InChI=1S/C16H23N3/c1-4-10-17-14(3)16-9-6-11-19(16)12-15-8-5-7-13(2)18-15/h5-9,11,14,17H,4,10,12H2,1-3H3. The van der Waals surface area contributed by atoms with Crippen LogP contribution in [0.2, 0.25) is 0 Å². The van der Waals surface area contributed by atoms with E-state index >= 15 is 0 Å². The van der Waals surface area contributed by atoms with Gasteiger partial charge in [0.1, 0.15) is 0 Å². The van der Waals surface area contributed by atoms with Gasteiger partial charge in [-0.1, -0.05) is 13.0 Å². The van der Waals surface area contributed by atoms with Gasteiger partial charge in [0.15, 0.2) is 0 Å². The van der Waals surface area contributed by atoms with Crippen molar-refractivity contribution in [2.24, 2.45) is 0 Å². The van der Waals surface area contributed by atoms with Gasteiger partial charge in [0.05, 0.1) is 12.2 Å². The van der Waals surface area contributed by atoms with E-state index in [0.717, 1.165) is 30.9 Å². The van der Waals surface area contributed by atoms with Crippen LogP contribution in [-0.4, -0.2) is 16.1 Å². The second kappa shape index (κ2) is 6.53. The van der Waals surface area contributed by atoms with Crippen LogP contribution in [0.4, 0.5) is 0 Å². The molecule has 1 atom stereocenters. The highest BCUT2D eigenvalue weighted by molar-refractivity contribution is 5.16. The van der Waals surface area contributed by atoms with Crippen molar-refractivity contribution >= 4 is 0 Å². The van der Waals surface area contributed by atoms with E-state index in [-0.39, 0.29) is 0 Å². The number of hydrogen-bond acceptors (Lipinski definition) is 2. The molecule has 0 amide bonds. The van der Waals surface area contributed by atoms with Crippen LogP contribution in [0.25, 0.3) is 0 Å². The lowest BCUT2D eigenvalue weighted by Gasteiger charge is -2.16. The quantitative estimate of drug-likeness (QED) is 0.860. The van der Waals surface area contributed by atoms with Crippen molar-refractivity contribution in [1.82, 2.24) is 14.9 Å². The summed E-state index contributed by atoms with van der Waals surface area (Å²) >= 11 is 0. The van der Waals surface area contributed by atoms with E-state index in [1.54, 1.807) is 0 Å². The molecule has 0 saturated heterocycles. The van der Waals surface area contributed by atoms with E-state index in [2.05, 4.69) is 59.2 Å². The zero-order chi connectivity index (χ0) is 13.7. The number of aromatic nitrogens is 2. The van der Waals surface area contributed by atoms with Gasteiger partial charge in [-0.2, -0.15) is 0 Å². The van der Waals surface area contributed by atoms with Crippen LogP contribution in [-0.2, 0) is 6.54 Å². The fourth-order valence-corrected chi connectivity index (χ4v) is 2.29. The summed E-state index contributed by atoms with van der Waals surface area (Å²) in [5.41, 5.74) is 3.50. The third-order valence-electron chi connectivity index (χ3n) is 3.29. The van der Waals surface area contributed by atoms with Gasteiger partial charge in [-0.25, -0.2) is 0 Å². The Balaban J connectivity index is 2.11. The normalized spacial score (nSPS) is 12.6. The lowest BCUT2D eigenvalue weighted by molar-refractivity contribution is 0.533. The molecule has 1 N–H and O–H groups in total. The van der Waals surface area contributed by atoms with Gasteiger partial charge in [-0.05, 0) is 51.1 Å². The average Bonchev–Trinajstić information content (AvgIpc) is 2.84. The molecule has 0 spiro atoms. The number of rotatable bonds is 6. The Labute approximate surface area is 115 Å². The summed E-state index contributed by atoms with van der Waals surface area (Å²) in [6.07, 6.45) is 3.29. The molecule has 2 heterocycles. The molecule has 1 unspecified atom stereocenters. The summed E-state index contributed by atoms with van der Waals surface area (Å²) in [6, 6.07) is 10.9. The monoisotopic (exact) mass is 257 g/mol. The molecular formula is C16H23N3. The number of nitrogens with one attached hydrogen (secondary N) is 1. The highest BCUT2D eigenvalue weighted by atomic mass is 15.0. The molecule has 0 aliphatic carbocycles. The molecule has 2 aromatic rings. The van der Waals surface area contributed by atoms with E-state index in [9.17, 15) is 0 Å². The lowest BCUT2D eigenvalue weighted by Crippen LogP contribution is -2.22. The van der Waals surface area contributed by atoms with E-state index in [1.807, 2.05) is 13.0 Å². The molecule has 0 fully saturated rings. The van der Waals surface area contributed by atoms with Crippen LogP contribution in [0.1, 0.15) is 43.4 Å². The molecule has 19 heavy (non-hydrogen) atoms. The van der Waals surface area contributed by atoms with Gasteiger partial charge in [0, 0.05) is 23.6 Å². The predicted molar refractivity (Wildman–Crippen MR) is 79.2 cm³/mol. The third kappa shape index (κ3) is 3.67. The Morgan fingerprint density at radius 1 is 1.26 bits per heavy atom. The van der Waals surface area contributed by atoms with Gasteiger partial charge in [-0.15, -0.1) is 0 Å². The number of nitrogens with zero attached hydrogens (tertiary/aromatic N) is 2. The first-order chi connectivity index (χ1) is 9.20. The zero-order valence-corrected chi connectivity index (χ0v) is 12.1. The lowest BCUT2D eigenvalue weighted by atomic mass is 10.2. The molecule has 2 rings (SSSR count). The third-order valence-corrected chi connectivity index (χ3v) is 3.29. The van der Waals surface area contributed by atoms with Crippen LogP contribution < -0.4 is 5.32 Å². The predicted octanol–water partition coefficient (Wildman–Crippen LogP) is 3.30. The van der Waals surface area contributed by atoms with Crippen molar-refractivity contribution in [1.29, 1.82) is 0 Å². The highest BCUT2D eigenvalue weighted by Crippen LogP contribution is 2.15. The minimum Gasteiger partial charge on any atom is -0.344 e. The highest BCUT2D eigenvalue weighted by Gasteiger charge is 2.09. The van der Waals surface area contributed by atoms with Crippen molar-refractivity contribution in [3.05, 3.63) is 53.6 Å². The number of aryl methyl sites for hydroxylation is 1. The average molecular weight is 257 g/mol. The Morgan fingerprint density at radius 2 is 2.11 bits per heavy atom. The van der Waals surface area contributed by atoms with Crippen molar-refractivity contribution in [3.8, 4) is 0 Å². The smallest absolute Gasteiger partial charge is 0.0646 e. The summed E-state index contributed by atoms with van der Waals surface area (Å²) in [5.74, 6) is 0. The molecular weight excluding hydrogens is 234 g/mol. The first-order valence-electron chi connectivity index (χ1n) is 7.01. The fraction of sp³-hybridized carbons (Fsp3) is 0.438. The second-order valence-electron chi connectivity index (χ2n) is 5.01. The molecule has 0 bridgehead atoms. The molecule has 0 radical (unpaired) electrons. The molecule has 2 aromatic heterocycles. The largest absolute Gasteiger partial charge is 0.344 e. The maximum atomic E-state index is 4.57. The van der Waals surface area contributed by atoms with Gasteiger partial charge in [0.2, 0.25) is 0 Å². The van der Waals surface area contributed by atoms with Crippen molar-refractivity contribution in [2.45, 2.75) is 39.8 Å². The van der Waals surface area contributed by atoms with Gasteiger partial charge in [0.25, 0.3) is 0 Å². The molecule has 0 aromatic carbocycles. The summed E-state index contributed by atoms with van der Waals surface area (Å²) in [7, 11) is 0. The maximum Gasteiger partial charge on any atom is 0.0646 e. The van der Waals surface area contributed by atoms with Gasteiger partial charge >= 0.3 is 0 Å². The summed E-state index contributed by atoms with van der Waals surface area (Å²) in [5, 5.41) is 3.53. The topological polar surface area (TPSA) is 29.9 Å². The Hall–Kier alpha value is -1.61. The second-order valence-corrected chi connectivity index (χ2v) is 5.01. The molecule has 0 aliphatic heterocycles. The van der Waals surface area contributed by atoms with Gasteiger partial charge < -0.3 is 9.88 Å². The number of pyridine rings is 1.